The van der Waals surface area contributed by atoms with E-state index in [4.69, 9.17) is 5.73 Å². The second-order valence-electron chi connectivity index (χ2n) is 4.84. The standard InChI is InChI=1S/C13H16N4O3S3/c14-3-5-22-16-4-1-2-9(15-16)23-8-7-21-11-6-10(18)17(11)12(8)13(19)20/h1-2,4,11,15H,3,5-7,14H2,(H,19,20)/t11-/m1/s1. The molecular weight excluding hydrogens is 356 g/mol. The average Bonchev–Trinajstić information content (AvgIpc) is 2.53. The van der Waals surface area contributed by atoms with Crippen molar-refractivity contribution in [1.29, 1.82) is 0 Å². The van der Waals surface area contributed by atoms with E-state index in [0.717, 1.165) is 10.8 Å². The summed E-state index contributed by atoms with van der Waals surface area (Å²) in [7, 11) is 0. The molecule has 3 aliphatic rings. The van der Waals surface area contributed by atoms with E-state index in [-0.39, 0.29) is 17.0 Å². The Kier molecular flexibility index (Phi) is 5.14. The number of nitrogens with zero attached hydrogens (tertiary/aromatic N) is 2. The van der Waals surface area contributed by atoms with Crippen molar-refractivity contribution >= 4 is 47.3 Å². The second-order valence-corrected chi connectivity index (χ2v) is 8.21. The third kappa shape index (κ3) is 3.49. The lowest BCUT2D eigenvalue weighted by Crippen LogP contribution is -2.53. The number of nitrogens with two attached hydrogens (primary N) is 1. The molecule has 0 aromatic carbocycles. The van der Waals surface area contributed by atoms with E-state index in [1.807, 2.05) is 22.8 Å². The molecule has 0 unspecified atom stereocenters. The van der Waals surface area contributed by atoms with Gasteiger partial charge >= 0.3 is 5.97 Å². The number of allylic oxidation sites excluding steroid dienone is 2. The first-order valence-corrected chi connectivity index (χ1v) is 9.76. The first-order valence-electron chi connectivity index (χ1n) is 6.95. The van der Waals surface area contributed by atoms with Crippen LogP contribution in [0.15, 0.2) is 34.0 Å². The molecule has 1 saturated heterocycles. The van der Waals surface area contributed by atoms with Gasteiger partial charge in [0, 0.05) is 29.2 Å². The van der Waals surface area contributed by atoms with Crippen LogP contribution in [0.3, 0.4) is 0 Å². The lowest BCUT2D eigenvalue weighted by Gasteiger charge is -2.43. The summed E-state index contributed by atoms with van der Waals surface area (Å²) in [6.45, 7) is 0.576. The molecule has 0 spiro atoms. The number of hydrazine groups is 1. The van der Waals surface area contributed by atoms with Gasteiger partial charge in [-0.2, -0.15) is 0 Å². The van der Waals surface area contributed by atoms with Crippen LogP contribution in [-0.2, 0) is 9.59 Å². The van der Waals surface area contributed by atoms with Crippen LogP contribution in [0.25, 0.3) is 0 Å². The Bertz CT molecular complexity index is 620. The van der Waals surface area contributed by atoms with Gasteiger partial charge in [0.15, 0.2) is 0 Å². The quantitative estimate of drug-likeness (QED) is 0.467. The SMILES string of the molecule is NCCSN1C=CC=C(SC2=C(C(=O)O)N3C(=O)C[C@H]3SC2)N1. The number of carbonyl (C=O) groups is 2. The lowest BCUT2D eigenvalue weighted by atomic mass is 10.1. The van der Waals surface area contributed by atoms with Crippen molar-refractivity contribution in [3.63, 3.8) is 0 Å². The first kappa shape index (κ1) is 16.6. The Labute approximate surface area is 146 Å². The van der Waals surface area contributed by atoms with E-state index in [1.54, 1.807) is 11.8 Å². The molecule has 1 fully saturated rings. The molecule has 1 atom stereocenters. The normalized spacial score (nSPS) is 23.3. The highest BCUT2D eigenvalue weighted by Crippen LogP contribution is 2.44. The zero-order valence-corrected chi connectivity index (χ0v) is 14.5. The van der Waals surface area contributed by atoms with Gasteiger partial charge in [-0.1, -0.05) is 11.8 Å². The molecule has 4 N–H and O–H groups in total. The number of hydrogen-bond donors (Lipinski definition) is 3. The smallest absolute Gasteiger partial charge is 0.353 e. The average molecular weight is 372 g/mol. The summed E-state index contributed by atoms with van der Waals surface area (Å²) in [5.74, 6) is 0.202. The number of thioether (sulfide) groups is 2. The lowest BCUT2D eigenvalue weighted by molar-refractivity contribution is -0.146. The molecule has 124 valence electrons. The van der Waals surface area contributed by atoms with Crippen LogP contribution >= 0.6 is 35.5 Å². The maximum Gasteiger partial charge on any atom is 0.353 e. The predicted octanol–water partition coefficient (Wildman–Crippen LogP) is 1.10. The summed E-state index contributed by atoms with van der Waals surface area (Å²) in [4.78, 5) is 25.4. The molecule has 0 radical (unpaired) electrons. The Hall–Kier alpha value is -1.23. The molecule has 3 heterocycles. The van der Waals surface area contributed by atoms with Gasteiger partial charge in [-0.25, -0.2) is 9.21 Å². The molecule has 0 bridgehead atoms. The van der Waals surface area contributed by atoms with Gasteiger partial charge in [0.2, 0.25) is 5.91 Å². The van der Waals surface area contributed by atoms with E-state index >= 15 is 0 Å². The minimum atomic E-state index is -1.05. The maximum absolute atomic E-state index is 11.7. The number of carbonyl (C=O) groups excluding carboxylic acids is 1. The molecule has 0 aromatic rings. The van der Waals surface area contributed by atoms with Gasteiger partial charge in [0.05, 0.1) is 16.8 Å². The Morgan fingerprint density at radius 2 is 2.39 bits per heavy atom. The Balaban J connectivity index is 1.74. The monoisotopic (exact) mass is 372 g/mol. The van der Waals surface area contributed by atoms with Crippen molar-refractivity contribution in [1.82, 2.24) is 14.7 Å². The Morgan fingerprint density at radius 1 is 1.57 bits per heavy atom. The summed E-state index contributed by atoms with van der Waals surface area (Å²) in [5, 5.41) is 10.3. The number of carboxylic acid groups (broad SMARTS) is 1. The number of nitrogens with one attached hydrogen (secondary N) is 1. The summed E-state index contributed by atoms with van der Waals surface area (Å²) in [6, 6.07) is 0. The van der Waals surface area contributed by atoms with Gasteiger partial charge in [0.25, 0.3) is 0 Å². The van der Waals surface area contributed by atoms with Crippen LogP contribution < -0.4 is 11.2 Å². The van der Waals surface area contributed by atoms with E-state index in [2.05, 4.69) is 5.43 Å². The van der Waals surface area contributed by atoms with Crippen LogP contribution in [-0.4, -0.2) is 49.7 Å². The molecule has 0 aliphatic carbocycles. The van der Waals surface area contributed by atoms with Crippen molar-refractivity contribution < 1.29 is 14.7 Å². The van der Waals surface area contributed by atoms with Gasteiger partial charge in [0.1, 0.15) is 5.70 Å². The molecule has 3 aliphatic heterocycles. The van der Waals surface area contributed by atoms with Crippen molar-refractivity contribution in [3.05, 3.63) is 34.0 Å². The fourth-order valence-corrected chi connectivity index (χ4v) is 5.34. The van der Waals surface area contributed by atoms with Crippen LogP contribution in [0.1, 0.15) is 6.42 Å². The minimum Gasteiger partial charge on any atom is -0.477 e. The zero-order valence-electron chi connectivity index (χ0n) is 12.1. The van der Waals surface area contributed by atoms with E-state index in [0.29, 0.717) is 23.6 Å². The van der Waals surface area contributed by atoms with Crippen molar-refractivity contribution in [2.24, 2.45) is 5.73 Å². The molecular formula is C13H16N4O3S3. The summed E-state index contributed by atoms with van der Waals surface area (Å²) in [6.07, 6.45) is 6.07. The third-order valence-electron chi connectivity index (χ3n) is 3.29. The summed E-state index contributed by atoms with van der Waals surface area (Å²) in [5.41, 5.74) is 8.80. The zero-order chi connectivity index (χ0) is 16.4. The molecule has 3 rings (SSSR count). The number of rotatable bonds is 6. The van der Waals surface area contributed by atoms with Crippen LogP contribution in [0.5, 0.6) is 0 Å². The molecule has 0 aromatic heterocycles. The third-order valence-corrected chi connectivity index (χ3v) is 6.63. The topological polar surface area (TPSA) is 98.9 Å². The van der Waals surface area contributed by atoms with Crippen LogP contribution in [0.4, 0.5) is 0 Å². The van der Waals surface area contributed by atoms with E-state index in [1.165, 1.54) is 28.6 Å². The van der Waals surface area contributed by atoms with E-state index in [9.17, 15) is 14.7 Å². The number of β-lactam (4-membered cyclic amide) rings is 1. The molecule has 7 nitrogen and oxygen atoms in total. The minimum absolute atomic E-state index is 0.0252. The summed E-state index contributed by atoms with van der Waals surface area (Å²) >= 11 is 4.49. The number of aliphatic carboxylic acids is 1. The fourth-order valence-electron chi connectivity index (χ4n) is 2.27. The van der Waals surface area contributed by atoms with Crippen LogP contribution in [0, 0.1) is 0 Å². The van der Waals surface area contributed by atoms with Gasteiger partial charge < -0.3 is 10.8 Å². The van der Waals surface area contributed by atoms with E-state index < -0.39 is 5.97 Å². The maximum atomic E-state index is 11.7. The number of carboxylic acids is 1. The van der Waals surface area contributed by atoms with Gasteiger partial charge in [-0.05, 0) is 24.1 Å². The van der Waals surface area contributed by atoms with Crippen molar-refractivity contribution in [2.45, 2.75) is 11.8 Å². The number of fused-ring (bicyclic) bond motifs is 1. The highest BCUT2D eigenvalue weighted by Gasteiger charge is 2.45. The second kappa shape index (κ2) is 7.12. The highest BCUT2D eigenvalue weighted by atomic mass is 32.2. The largest absolute Gasteiger partial charge is 0.477 e. The fraction of sp³-hybridized carbons (Fsp3) is 0.385. The molecule has 23 heavy (non-hydrogen) atoms. The highest BCUT2D eigenvalue weighted by molar-refractivity contribution is 8.08. The predicted molar refractivity (Wildman–Crippen MR) is 93.7 cm³/mol. The first-order chi connectivity index (χ1) is 11.1. The molecule has 10 heteroatoms. The van der Waals surface area contributed by atoms with Gasteiger partial charge in [-0.3, -0.25) is 15.1 Å². The Morgan fingerprint density at radius 3 is 3.09 bits per heavy atom. The van der Waals surface area contributed by atoms with Gasteiger partial charge in [-0.15, -0.1) is 11.8 Å². The number of hydrogen-bond acceptors (Lipinski definition) is 8. The molecule has 0 saturated carbocycles. The number of amides is 1. The van der Waals surface area contributed by atoms with Crippen molar-refractivity contribution in [3.8, 4) is 0 Å². The molecule has 1 amide bonds. The summed E-state index contributed by atoms with van der Waals surface area (Å²) < 4.78 is 1.84. The van der Waals surface area contributed by atoms with Crippen molar-refractivity contribution in [2.75, 3.05) is 18.1 Å². The van der Waals surface area contributed by atoms with Crippen LogP contribution in [0.2, 0.25) is 0 Å².